The van der Waals surface area contributed by atoms with Gasteiger partial charge in [0, 0.05) is 42.9 Å². The summed E-state index contributed by atoms with van der Waals surface area (Å²) in [4.78, 5) is 30.0. The number of hydrogen-bond donors (Lipinski definition) is 4. The quantitative estimate of drug-likeness (QED) is 0.0766. The predicted molar refractivity (Wildman–Crippen MR) is 199 cm³/mol. The number of benzene rings is 4. The van der Waals surface area contributed by atoms with Gasteiger partial charge in [0.1, 0.15) is 25.0 Å². The second kappa shape index (κ2) is 17.3. The number of aliphatic hydroxyl groups excluding tert-OH is 2. The van der Waals surface area contributed by atoms with E-state index in [9.17, 15) is 35.5 Å². The van der Waals surface area contributed by atoms with Crippen LogP contribution in [0.15, 0.2) is 77.3 Å². The van der Waals surface area contributed by atoms with Crippen molar-refractivity contribution < 1.29 is 39.0 Å². The summed E-state index contributed by atoms with van der Waals surface area (Å²) in [6.07, 6.45) is 0.365. The van der Waals surface area contributed by atoms with Crippen LogP contribution in [0.2, 0.25) is 0 Å². The fraction of sp³-hybridized carbons (Fsp3) is 0.300. The van der Waals surface area contributed by atoms with Gasteiger partial charge in [0.05, 0.1) is 35.8 Å². The van der Waals surface area contributed by atoms with E-state index in [0.717, 1.165) is 39.9 Å². The van der Waals surface area contributed by atoms with E-state index in [0.29, 0.717) is 42.4 Å². The average Bonchev–Trinajstić information content (AvgIpc) is 3.82. The number of hydrogen-bond acceptors (Lipinski definition) is 13. The molecule has 1 saturated heterocycles. The molecule has 55 heavy (non-hydrogen) atoms. The van der Waals surface area contributed by atoms with Crippen LogP contribution in [0.1, 0.15) is 45.7 Å². The highest BCUT2D eigenvalue weighted by Gasteiger charge is 2.25. The van der Waals surface area contributed by atoms with Crippen LogP contribution in [0.4, 0.5) is 5.69 Å². The van der Waals surface area contributed by atoms with Gasteiger partial charge in [-0.3, -0.25) is 25.1 Å². The minimum absolute atomic E-state index is 0.00937. The van der Waals surface area contributed by atoms with Crippen LogP contribution in [0.3, 0.4) is 0 Å². The van der Waals surface area contributed by atoms with Crippen LogP contribution in [0.25, 0.3) is 22.5 Å². The van der Waals surface area contributed by atoms with Crippen LogP contribution in [-0.4, -0.2) is 73.1 Å². The van der Waals surface area contributed by atoms with E-state index in [-0.39, 0.29) is 48.6 Å². The van der Waals surface area contributed by atoms with Crippen molar-refractivity contribution in [3.63, 3.8) is 0 Å². The third-order valence-corrected chi connectivity index (χ3v) is 9.58. The largest absolute Gasteiger partial charge is 0.488 e. The molecule has 15 nitrogen and oxygen atoms in total. The van der Waals surface area contributed by atoms with Gasteiger partial charge in [0.15, 0.2) is 0 Å². The van der Waals surface area contributed by atoms with Gasteiger partial charge in [-0.2, -0.15) is 10.2 Å². The summed E-state index contributed by atoms with van der Waals surface area (Å²) in [5.74, 6) is -0.225. The molecule has 6 rings (SSSR count). The van der Waals surface area contributed by atoms with Crippen molar-refractivity contribution in [2.24, 2.45) is 0 Å². The molecule has 4 N–H and O–H groups in total. The molecule has 0 radical (unpaired) electrons. The maximum atomic E-state index is 12.3. The summed E-state index contributed by atoms with van der Waals surface area (Å²) in [6.45, 7) is 4.84. The minimum atomic E-state index is -1.31. The number of nitro benzene ring substituents is 1. The number of likely N-dealkylation sites (tertiary alicyclic amines) is 1. The van der Waals surface area contributed by atoms with E-state index in [1.165, 1.54) is 12.1 Å². The molecule has 2 heterocycles. The molecule has 1 fully saturated rings. The SMILES string of the molecule is Cc1c(COc2cc(OCc3cccc(C#N)c3)c(CN[C@H](CO)C(=O)O)cc2[N+](=O)[O-])cccc1-c1cccc(-c2noc(CN3CC[C@@H](O)C3)n2)c1C. The monoisotopic (exact) mass is 748 g/mol. The van der Waals surface area contributed by atoms with Gasteiger partial charge in [-0.05, 0) is 65.8 Å². The third kappa shape index (κ3) is 9.14. The van der Waals surface area contributed by atoms with Crippen molar-refractivity contribution in [1.82, 2.24) is 20.4 Å². The second-order valence-electron chi connectivity index (χ2n) is 13.3. The Morgan fingerprint density at radius 1 is 1.04 bits per heavy atom. The molecule has 284 valence electrons. The number of carboxylic acids is 1. The second-order valence-corrected chi connectivity index (χ2v) is 13.3. The molecule has 0 spiro atoms. The molecule has 0 bridgehead atoms. The summed E-state index contributed by atoms with van der Waals surface area (Å²) in [7, 11) is 0. The van der Waals surface area contributed by atoms with Crippen LogP contribution in [0.5, 0.6) is 11.5 Å². The van der Waals surface area contributed by atoms with Crippen molar-refractivity contribution in [2.45, 2.75) is 58.7 Å². The van der Waals surface area contributed by atoms with Crippen molar-refractivity contribution in [2.75, 3.05) is 19.7 Å². The Hall–Kier alpha value is -6.18. The van der Waals surface area contributed by atoms with Gasteiger partial charge in [-0.25, -0.2) is 0 Å². The molecule has 0 aliphatic carbocycles. The lowest BCUT2D eigenvalue weighted by Gasteiger charge is -2.18. The molecule has 5 aromatic rings. The highest BCUT2D eigenvalue weighted by Crippen LogP contribution is 2.37. The molecule has 1 aromatic heterocycles. The number of carboxylic acid groups (broad SMARTS) is 1. The molecule has 2 atom stereocenters. The Kier molecular flexibility index (Phi) is 12.1. The summed E-state index contributed by atoms with van der Waals surface area (Å²) in [5.41, 5.74) is 6.29. The van der Waals surface area contributed by atoms with E-state index in [4.69, 9.17) is 14.0 Å². The number of β-amino-alcohol motifs (C(OH)–C–C–N with tert-alkyl or cyclic N) is 1. The first-order chi connectivity index (χ1) is 26.5. The topological polar surface area (TPSA) is 217 Å². The highest BCUT2D eigenvalue weighted by molar-refractivity contribution is 5.78. The molecule has 1 aliphatic heterocycles. The normalized spacial score (nSPS) is 14.7. The third-order valence-electron chi connectivity index (χ3n) is 9.58. The van der Waals surface area contributed by atoms with Gasteiger partial charge in [-0.15, -0.1) is 0 Å². The fourth-order valence-electron chi connectivity index (χ4n) is 6.51. The number of aliphatic hydroxyl groups is 2. The molecule has 1 aliphatic rings. The fourth-order valence-corrected chi connectivity index (χ4v) is 6.51. The Morgan fingerprint density at radius 3 is 2.47 bits per heavy atom. The van der Waals surface area contributed by atoms with Gasteiger partial charge < -0.3 is 29.3 Å². The number of nitrogens with one attached hydrogen (secondary N) is 1. The molecular formula is C40H40N6O9. The van der Waals surface area contributed by atoms with E-state index in [1.807, 2.05) is 50.2 Å². The highest BCUT2D eigenvalue weighted by atomic mass is 16.6. The number of nitro groups is 1. The molecule has 0 amide bonds. The van der Waals surface area contributed by atoms with E-state index in [1.54, 1.807) is 24.3 Å². The van der Waals surface area contributed by atoms with E-state index >= 15 is 0 Å². The zero-order chi connectivity index (χ0) is 39.1. The van der Waals surface area contributed by atoms with Crippen molar-refractivity contribution in [1.29, 1.82) is 5.26 Å². The number of ether oxygens (including phenoxy) is 2. The van der Waals surface area contributed by atoms with Crippen LogP contribution >= 0.6 is 0 Å². The maximum absolute atomic E-state index is 12.3. The molecule has 0 saturated carbocycles. The Bertz CT molecular complexity index is 2230. The number of carbonyl (C=O) groups is 1. The lowest BCUT2D eigenvalue weighted by atomic mass is 9.91. The van der Waals surface area contributed by atoms with Crippen LogP contribution < -0.4 is 14.8 Å². The van der Waals surface area contributed by atoms with Gasteiger partial charge in [0.25, 0.3) is 0 Å². The van der Waals surface area contributed by atoms with E-state index in [2.05, 4.69) is 26.4 Å². The van der Waals surface area contributed by atoms with Crippen molar-refractivity contribution in [3.8, 4) is 40.1 Å². The molecule has 15 heteroatoms. The molecule has 4 aromatic carbocycles. The van der Waals surface area contributed by atoms with Crippen molar-refractivity contribution >= 4 is 11.7 Å². The van der Waals surface area contributed by atoms with Gasteiger partial charge in [-0.1, -0.05) is 53.7 Å². The summed E-state index contributed by atoms with van der Waals surface area (Å²) >= 11 is 0. The Morgan fingerprint density at radius 2 is 1.76 bits per heavy atom. The maximum Gasteiger partial charge on any atom is 0.323 e. The van der Waals surface area contributed by atoms with E-state index < -0.39 is 23.5 Å². The number of aromatic nitrogens is 2. The first-order valence-electron chi connectivity index (χ1n) is 17.6. The van der Waals surface area contributed by atoms with Gasteiger partial charge >= 0.3 is 11.7 Å². The van der Waals surface area contributed by atoms with Gasteiger partial charge in [0.2, 0.25) is 17.5 Å². The summed E-state index contributed by atoms with van der Waals surface area (Å²) in [6, 6.07) is 21.8. The first-order valence-corrected chi connectivity index (χ1v) is 17.6. The number of rotatable bonds is 16. The zero-order valence-corrected chi connectivity index (χ0v) is 30.3. The Labute approximate surface area is 316 Å². The predicted octanol–water partition coefficient (Wildman–Crippen LogP) is 5.06. The number of nitriles is 1. The van der Waals surface area contributed by atoms with Crippen LogP contribution in [-0.2, 0) is 31.1 Å². The van der Waals surface area contributed by atoms with Crippen LogP contribution in [0, 0.1) is 35.3 Å². The minimum Gasteiger partial charge on any atom is -0.488 e. The molecular weight excluding hydrogens is 708 g/mol. The lowest BCUT2D eigenvalue weighted by molar-refractivity contribution is -0.386. The average molecular weight is 749 g/mol. The number of nitrogens with zero attached hydrogens (tertiary/aromatic N) is 5. The number of aliphatic carboxylic acids is 1. The Balaban J connectivity index is 1.26. The van der Waals surface area contributed by atoms with Crippen molar-refractivity contribution in [3.05, 3.63) is 122 Å². The standard InChI is InChI=1S/C40H40N6O9/c1-24-28(8-4-9-31(24)32-10-5-11-33(25(32)2)39-43-38(55-44-39)20-45-13-12-30(48)19-45)23-54-37-16-36(53-22-27-7-3-6-26(14-27)17-41)29(15-35(37)46(51)52)18-42-34(21-47)40(49)50/h3-11,14-16,30,34,42,47-48H,12-13,18-23H2,1-2H3,(H,49,50)/t30-,34-/m1/s1. The lowest BCUT2D eigenvalue weighted by Crippen LogP contribution is -2.39. The molecule has 0 unspecified atom stereocenters. The smallest absolute Gasteiger partial charge is 0.323 e. The summed E-state index contributed by atoms with van der Waals surface area (Å²) < 4.78 is 17.8. The first kappa shape index (κ1) is 38.5. The zero-order valence-electron chi connectivity index (χ0n) is 30.3. The summed E-state index contributed by atoms with van der Waals surface area (Å²) in [5, 5.41) is 57.3.